The SMILES string of the molecule is O=C(NCc1ccc(N2CCOCC2)nc1)c1ccc(-n2cncn2)cc1. The number of benzene rings is 1. The molecule has 0 bridgehead atoms. The number of anilines is 1. The number of carbonyl (C=O) groups is 1. The molecule has 0 saturated carbocycles. The lowest BCUT2D eigenvalue weighted by Crippen LogP contribution is -2.36. The van der Waals surface area contributed by atoms with Crippen molar-refractivity contribution < 1.29 is 9.53 Å². The minimum absolute atomic E-state index is 0.127. The molecule has 3 aromatic rings. The van der Waals surface area contributed by atoms with Gasteiger partial charge in [0.05, 0.1) is 18.9 Å². The average Bonchev–Trinajstić information content (AvgIpc) is 3.28. The minimum Gasteiger partial charge on any atom is -0.378 e. The molecule has 8 nitrogen and oxygen atoms in total. The fourth-order valence-corrected chi connectivity index (χ4v) is 2.89. The molecule has 4 rings (SSSR count). The molecule has 0 aliphatic carbocycles. The zero-order valence-electron chi connectivity index (χ0n) is 14.8. The number of rotatable bonds is 5. The normalized spacial score (nSPS) is 14.1. The molecule has 0 radical (unpaired) electrons. The Kier molecular flexibility index (Phi) is 5.06. The van der Waals surface area contributed by atoms with Crippen molar-refractivity contribution in [2.45, 2.75) is 6.54 Å². The van der Waals surface area contributed by atoms with Gasteiger partial charge in [0, 0.05) is 31.4 Å². The summed E-state index contributed by atoms with van der Waals surface area (Å²) >= 11 is 0. The van der Waals surface area contributed by atoms with E-state index in [9.17, 15) is 4.79 Å². The summed E-state index contributed by atoms with van der Waals surface area (Å²) in [5.41, 5.74) is 2.41. The lowest BCUT2D eigenvalue weighted by atomic mass is 10.2. The van der Waals surface area contributed by atoms with Gasteiger partial charge in [-0.05, 0) is 35.9 Å². The van der Waals surface area contributed by atoms with Gasteiger partial charge in [0.25, 0.3) is 5.91 Å². The van der Waals surface area contributed by atoms with E-state index in [0.29, 0.717) is 12.1 Å². The molecule has 1 amide bonds. The van der Waals surface area contributed by atoms with Crippen molar-refractivity contribution in [2.75, 3.05) is 31.2 Å². The quantitative estimate of drug-likeness (QED) is 0.737. The first-order chi connectivity index (χ1) is 13.3. The van der Waals surface area contributed by atoms with Gasteiger partial charge in [-0.15, -0.1) is 0 Å². The molecule has 0 unspecified atom stereocenters. The molecule has 1 aliphatic heterocycles. The van der Waals surface area contributed by atoms with Crippen molar-refractivity contribution in [1.29, 1.82) is 0 Å². The lowest BCUT2D eigenvalue weighted by Gasteiger charge is -2.27. The summed E-state index contributed by atoms with van der Waals surface area (Å²) in [4.78, 5) is 22.9. The van der Waals surface area contributed by atoms with Crippen LogP contribution in [0.2, 0.25) is 0 Å². The van der Waals surface area contributed by atoms with Gasteiger partial charge in [-0.25, -0.2) is 14.6 Å². The average molecular weight is 364 g/mol. The van der Waals surface area contributed by atoms with Gasteiger partial charge < -0.3 is 15.0 Å². The highest BCUT2D eigenvalue weighted by atomic mass is 16.5. The van der Waals surface area contributed by atoms with Gasteiger partial charge in [0.15, 0.2) is 0 Å². The number of amides is 1. The summed E-state index contributed by atoms with van der Waals surface area (Å²) in [5.74, 6) is 0.814. The fraction of sp³-hybridized carbons (Fsp3) is 0.263. The van der Waals surface area contributed by atoms with E-state index in [0.717, 1.165) is 43.4 Å². The van der Waals surface area contributed by atoms with Crippen LogP contribution in [0.25, 0.3) is 5.69 Å². The second-order valence-corrected chi connectivity index (χ2v) is 6.19. The Bertz CT molecular complexity index is 872. The second kappa shape index (κ2) is 7.96. The first kappa shape index (κ1) is 17.2. The number of hydrogen-bond donors (Lipinski definition) is 1. The number of nitrogens with zero attached hydrogens (tertiary/aromatic N) is 5. The van der Waals surface area contributed by atoms with Gasteiger partial charge in [0.2, 0.25) is 0 Å². The minimum atomic E-state index is -0.127. The molecule has 1 N–H and O–H groups in total. The van der Waals surface area contributed by atoms with E-state index in [4.69, 9.17) is 4.74 Å². The summed E-state index contributed by atoms with van der Waals surface area (Å²) in [7, 11) is 0. The molecule has 3 heterocycles. The number of ether oxygens (including phenoxy) is 1. The van der Waals surface area contributed by atoms with E-state index in [-0.39, 0.29) is 5.91 Å². The molecular weight excluding hydrogens is 344 g/mol. The van der Waals surface area contributed by atoms with Crippen LogP contribution in [0.3, 0.4) is 0 Å². The Labute approximate surface area is 156 Å². The van der Waals surface area contributed by atoms with Crippen molar-refractivity contribution in [2.24, 2.45) is 0 Å². The predicted octanol–water partition coefficient (Wildman–Crippen LogP) is 1.43. The standard InChI is InChI=1S/C19H20N6O2/c26-19(16-2-4-17(5-3-16)25-14-20-13-23-25)22-12-15-1-6-18(21-11-15)24-7-9-27-10-8-24/h1-6,11,13-14H,7-10,12H2,(H,22,26). The number of hydrogen-bond acceptors (Lipinski definition) is 6. The maximum Gasteiger partial charge on any atom is 0.251 e. The van der Waals surface area contributed by atoms with Crippen molar-refractivity contribution in [1.82, 2.24) is 25.1 Å². The van der Waals surface area contributed by atoms with E-state index in [2.05, 4.69) is 25.3 Å². The summed E-state index contributed by atoms with van der Waals surface area (Å²) in [6.07, 6.45) is 4.89. The number of carbonyl (C=O) groups excluding carboxylic acids is 1. The third-order valence-electron chi connectivity index (χ3n) is 4.41. The van der Waals surface area contributed by atoms with Crippen LogP contribution >= 0.6 is 0 Å². The van der Waals surface area contributed by atoms with Gasteiger partial charge >= 0.3 is 0 Å². The molecule has 8 heteroatoms. The smallest absolute Gasteiger partial charge is 0.251 e. The fourth-order valence-electron chi connectivity index (χ4n) is 2.89. The van der Waals surface area contributed by atoms with Crippen LogP contribution in [0.4, 0.5) is 5.82 Å². The molecule has 0 atom stereocenters. The molecule has 1 aromatic carbocycles. The third-order valence-corrected chi connectivity index (χ3v) is 4.41. The maximum absolute atomic E-state index is 12.3. The zero-order chi connectivity index (χ0) is 18.5. The molecule has 138 valence electrons. The Morgan fingerprint density at radius 1 is 1.11 bits per heavy atom. The molecule has 27 heavy (non-hydrogen) atoms. The third kappa shape index (κ3) is 4.12. The van der Waals surface area contributed by atoms with Gasteiger partial charge in [-0.2, -0.15) is 5.10 Å². The number of aromatic nitrogens is 4. The van der Waals surface area contributed by atoms with Crippen LogP contribution in [0.1, 0.15) is 15.9 Å². The van der Waals surface area contributed by atoms with Gasteiger partial charge in [-0.1, -0.05) is 6.07 Å². The van der Waals surface area contributed by atoms with Crippen LogP contribution in [0, 0.1) is 0 Å². The Hall–Kier alpha value is -3.26. The summed E-state index contributed by atoms with van der Waals surface area (Å²) in [6.45, 7) is 3.60. The van der Waals surface area contributed by atoms with Crippen LogP contribution in [0.5, 0.6) is 0 Å². The van der Waals surface area contributed by atoms with E-state index < -0.39 is 0 Å². The van der Waals surface area contributed by atoms with Gasteiger partial charge in [-0.3, -0.25) is 4.79 Å². The van der Waals surface area contributed by atoms with E-state index >= 15 is 0 Å². The predicted molar refractivity (Wildman–Crippen MR) is 99.8 cm³/mol. The Morgan fingerprint density at radius 3 is 2.59 bits per heavy atom. The Balaban J connectivity index is 1.33. The number of pyridine rings is 1. The molecular formula is C19H20N6O2. The van der Waals surface area contributed by atoms with Crippen LogP contribution in [-0.2, 0) is 11.3 Å². The Morgan fingerprint density at radius 2 is 1.93 bits per heavy atom. The van der Waals surface area contributed by atoms with Crippen molar-refractivity contribution in [3.63, 3.8) is 0 Å². The topological polar surface area (TPSA) is 85.2 Å². The molecule has 1 fully saturated rings. The summed E-state index contributed by atoms with van der Waals surface area (Å²) in [5, 5.41) is 6.99. The molecule has 2 aromatic heterocycles. The zero-order valence-corrected chi connectivity index (χ0v) is 14.8. The highest BCUT2D eigenvalue weighted by Gasteiger charge is 2.12. The first-order valence-electron chi connectivity index (χ1n) is 8.80. The lowest BCUT2D eigenvalue weighted by molar-refractivity contribution is 0.0951. The monoisotopic (exact) mass is 364 g/mol. The molecule has 0 spiro atoms. The molecule has 1 saturated heterocycles. The summed E-state index contributed by atoms with van der Waals surface area (Å²) < 4.78 is 7.00. The number of nitrogens with one attached hydrogen (secondary N) is 1. The largest absolute Gasteiger partial charge is 0.378 e. The van der Waals surface area contributed by atoms with E-state index in [1.54, 1.807) is 29.3 Å². The number of morpholine rings is 1. The summed E-state index contributed by atoms with van der Waals surface area (Å²) in [6, 6.07) is 11.2. The highest BCUT2D eigenvalue weighted by molar-refractivity contribution is 5.94. The van der Waals surface area contributed by atoms with Crippen LogP contribution in [0.15, 0.2) is 55.2 Å². The van der Waals surface area contributed by atoms with Crippen LogP contribution < -0.4 is 10.2 Å². The van der Waals surface area contributed by atoms with Crippen molar-refractivity contribution in [3.05, 3.63) is 66.4 Å². The van der Waals surface area contributed by atoms with Crippen molar-refractivity contribution >= 4 is 11.7 Å². The first-order valence-corrected chi connectivity index (χ1v) is 8.80. The van der Waals surface area contributed by atoms with E-state index in [1.165, 1.54) is 6.33 Å². The maximum atomic E-state index is 12.3. The molecule has 1 aliphatic rings. The second-order valence-electron chi connectivity index (χ2n) is 6.19. The van der Waals surface area contributed by atoms with Crippen LogP contribution in [-0.4, -0.2) is 52.0 Å². The van der Waals surface area contributed by atoms with Gasteiger partial charge in [0.1, 0.15) is 18.5 Å². The van der Waals surface area contributed by atoms with Crippen molar-refractivity contribution in [3.8, 4) is 5.69 Å². The highest BCUT2D eigenvalue weighted by Crippen LogP contribution is 2.13. The van der Waals surface area contributed by atoms with E-state index in [1.807, 2.05) is 24.3 Å².